The number of sulfonamides is 1. The Bertz CT molecular complexity index is 493. The lowest BCUT2D eigenvalue weighted by Gasteiger charge is -2.25. The Kier molecular flexibility index (Phi) is 7.15. The number of nitrogens with one attached hydrogen (secondary N) is 1. The lowest BCUT2D eigenvalue weighted by atomic mass is 10.0. The van der Waals surface area contributed by atoms with Crippen molar-refractivity contribution in [1.82, 2.24) is 9.62 Å². The molecule has 0 amide bonds. The average Bonchev–Trinajstić information content (AvgIpc) is 2.89. The van der Waals surface area contributed by atoms with E-state index >= 15 is 0 Å². The number of hydrogen-bond donors (Lipinski definition) is 1. The SMILES string of the molecule is CCC(CC)CN(CC)S(=O)(=O)c1ccsc1CNC. The molecule has 20 heavy (non-hydrogen) atoms. The summed E-state index contributed by atoms with van der Waals surface area (Å²) in [6.07, 6.45) is 2.02. The molecule has 0 aromatic carbocycles. The third-order valence-corrected chi connectivity index (χ3v) is 6.70. The van der Waals surface area contributed by atoms with Gasteiger partial charge in [0.05, 0.1) is 4.90 Å². The maximum Gasteiger partial charge on any atom is 0.244 e. The van der Waals surface area contributed by atoms with Crippen molar-refractivity contribution in [2.24, 2.45) is 5.92 Å². The van der Waals surface area contributed by atoms with E-state index in [1.165, 1.54) is 11.3 Å². The summed E-state index contributed by atoms with van der Waals surface area (Å²) in [4.78, 5) is 1.35. The molecule has 0 aliphatic carbocycles. The Morgan fingerprint density at radius 1 is 1.30 bits per heavy atom. The second-order valence-electron chi connectivity index (χ2n) is 4.88. The lowest BCUT2D eigenvalue weighted by molar-refractivity contribution is 0.339. The van der Waals surface area contributed by atoms with Gasteiger partial charge >= 0.3 is 0 Å². The van der Waals surface area contributed by atoms with E-state index < -0.39 is 10.0 Å². The second-order valence-corrected chi connectivity index (χ2v) is 7.78. The van der Waals surface area contributed by atoms with E-state index in [0.29, 0.717) is 30.4 Å². The monoisotopic (exact) mass is 318 g/mol. The maximum absolute atomic E-state index is 12.8. The van der Waals surface area contributed by atoms with Crippen LogP contribution >= 0.6 is 11.3 Å². The van der Waals surface area contributed by atoms with Crippen molar-refractivity contribution in [2.45, 2.75) is 45.1 Å². The van der Waals surface area contributed by atoms with Gasteiger partial charge in [-0.3, -0.25) is 0 Å². The zero-order valence-electron chi connectivity index (χ0n) is 12.8. The third kappa shape index (κ3) is 4.04. The molecule has 0 spiro atoms. The van der Waals surface area contributed by atoms with Crippen LogP contribution in [0.25, 0.3) is 0 Å². The molecule has 116 valence electrons. The van der Waals surface area contributed by atoms with Gasteiger partial charge in [-0.05, 0) is 24.4 Å². The van der Waals surface area contributed by atoms with Crippen LogP contribution in [0, 0.1) is 5.92 Å². The fraction of sp³-hybridized carbons (Fsp3) is 0.714. The highest BCUT2D eigenvalue weighted by Crippen LogP contribution is 2.26. The Morgan fingerprint density at radius 3 is 2.45 bits per heavy atom. The highest BCUT2D eigenvalue weighted by Gasteiger charge is 2.27. The minimum atomic E-state index is -3.37. The van der Waals surface area contributed by atoms with Crippen molar-refractivity contribution in [3.63, 3.8) is 0 Å². The van der Waals surface area contributed by atoms with Gasteiger partial charge in [-0.2, -0.15) is 4.31 Å². The zero-order valence-corrected chi connectivity index (χ0v) is 14.5. The van der Waals surface area contributed by atoms with E-state index in [1.54, 1.807) is 10.4 Å². The van der Waals surface area contributed by atoms with Gasteiger partial charge in [0.15, 0.2) is 0 Å². The predicted molar refractivity (Wildman–Crippen MR) is 85.6 cm³/mol. The summed E-state index contributed by atoms with van der Waals surface area (Å²) < 4.78 is 27.2. The molecule has 1 aromatic heterocycles. The molecule has 0 radical (unpaired) electrons. The number of rotatable bonds is 9. The molecule has 1 N–H and O–H groups in total. The van der Waals surface area contributed by atoms with Gasteiger partial charge in [-0.15, -0.1) is 11.3 Å². The fourth-order valence-corrected chi connectivity index (χ4v) is 5.17. The van der Waals surface area contributed by atoms with E-state index in [1.807, 2.05) is 19.4 Å². The molecule has 0 aliphatic rings. The summed E-state index contributed by atoms with van der Waals surface area (Å²) in [5.41, 5.74) is 0. The molecule has 0 atom stereocenters. The van der Waals surface area contributed by atoms with Gasteiger partial charge in [0.25, 0.3) is 0 Å². The Morgan fingerprint density at radius 2 is 1.95 bits per heavy atom. The lowest BCUT2D eigenvalue weighted by Crippen LogP contribution is -2.35. The molecular formula is C14H26N2O2S2. The molecule has 0 saturated carbocycles. The summed E-state index contributed by atoms with van der Waals surface area (Å²) in [6, 6.07) is 1.72. The first kappa shape index (κ1) is 17.6. The van der Waals surface area contributed by atoms with Gasteiger partial charge in [-0.1, -0.05) is 33.6 Å². The van der Waals surface area contributed by atoms with Crippen LogP contribution in [-0.4, -0.2) is 32.9 Å². The second kappa shape index (κ2) is 8.12. The third-order valence-electron chi connectivity index (χ3n) is 3.63. The molecule has 0 bridgehead atoms. The maximum atomic E-state index is 12.8. The van der Waals surface area contributed by atoms with Gasteiger partial charge in [0.1, 0.15) is 0 Å². The number of hydrogen-bond acceptors (Lipinski definition) is 4. The van der Waals surface area contributed by atoms with Crippen LogP contribution in [0.15, 0.2) is 16.3 Å². The summed E-state index contributed by atoms with van der Waals surface area (Å²) in [5.74, 6) is 0.427. The first-order valence-electron chi connectivity index (χ1n) is 7.22. The van der Waals surface area contributed by atoms with Gasteiger partial charge in [0.2, 0.25) is 10.0 Å². The van der Waals surface area contributed by atoms with Gasteiger partial charge < -0.3 is 5.32 Å². The standard InChI is InChI=1S/C14H26N2O2S2/c1-5-12(6-2)11-16(7-3)20(17,18)14-8-9-19-13(14)10-15-4/h8-9,12,15H,5-7,10-11H2,1-4H3. The number of nitrogens with zero attached hydrogens (tertiary/aromatic N) is 1. The summed E-state index contributed by atoms with van der Waals surface area (Å²) in [6.45, 7) is 7.87. The van der Waals surface area contributed by atoms with Crippen molar-refractivity contribution in [3.05, 3.63) is 16.3 Å². The van der Waals surface area contributed by atoms with E-state index in [2.05, 4.69) is 19.2 Å². The predicted octanol–water partition coefficient (Wildman–Crippen LogP) is 2.91. The Balaban J connectivity index is 3.02. The quantitative estimate of drug-likeness (QED) is 0.761. The fourth-order valence-electron chi connectivity index (χ4n) is 2.22. The molecule has 4 nitrogen and oxygen atoms in total. The smallest absolute Gasteiger partial charge is 0.244 e. The van der Waals surface area contributed by atoms with Gasteiger partial charge in [0, 0.05) is 24.5 Å². The van der Waals surface area contributed by atoms with Crippen LogP contribution in [0.3, 0.4) is 0 Å². The van der Waals surface area contributed by atoms with Gasteiger partial charge in [-0.25, -0.2) is 8.42 Å². The molecule has 1 rings (SSSR count). The van der Waals surface area contributed by atoms with Crippen LogP contribution in [0.5, 0.6) is 0 Å². The van der Waals surface area contributed by atoms with Crippen molar-refractivity contribution >= 4 is 21.4 Å². The molecule has 0 unspecified atom stereocenters. The molecule has 0 fully saturated rings. The first-order valence-corrected chi connectivity index (χ1v) is 9.54. The minimum absolute atomic E-state index is 0.427. The summed E-state index contributed by atoms with van der Waals surface area (Å²) >= 11 is 1.49. The normalized spacial score (nSPS) is 12.5. The van der Waals surface area contributed by atoms with Crippen LogP contribution in [0.1, 0.15) is 38.5 Å². The highest BCUT2D eigenvalue weighted by molar-refractivity contribution is 7.89. The Labute approximate surface area is 127 Å². The summed E-state index contributed by atoms with van der Waals surface area (Å²) in [7, 11) is -1.54. The largest absolute Gasteiger partial charge is 0.315 e. The zero-order chi connectivity index (χ0) is 15.2. The average molecular weight is 319 g/mol. The van der Waals surface area contributed by atoms with Crippen molar-refractivity contribution in [1.29, 1.82) is 0 Å². The van der Waals surface area contributed by atoms with E-state index in [9.17, 15) is 8.42 Å². The molecule has 0 saturated heterocycles. The van der Waals surface area contributed by atoms with E-state index in [0.717, 1.165) is 17.7 Å². The highest BCUT2D eigenvalue weighted by atomic mass is 32.2. The van der Waals surface area contributed by atoms with Crippen molar-refractivity contribution in [2.75, 3.05) is 20.1 Å². The Hall–Kier alpha value is -0.430. The molecule has 1 heterocycles. The van der Waals surface area contributed by atoms with Crippen molar-refractivity contribution < 1.29 is 8.42 Å². The molecule has 1 aromatic rings. The van der Waals surface area contributed by atoms with Crippen LogP contribution < -0.4 is 5.32 Å². The van der Waals surface area contributed by atoms with Crippen molar-refractivity contribution in [3.8, 4) is 0 Å². The van der Waals surface area contributed by atoms with E-state index in [-0.39, 0.29) is 0 Å². The van der Waals surface area contributed by atoms with Crippen LogP contribution in [0.4, 0.5) is 0 Å². The molecular weight excluding hydrogens is 292 g/mol. The molecule has 6 heteroatoms. The minimum Gasteiger partial charge on any atom is -0.315 e. The molecule has 0 aliphatic heterocycles. The summed E-state index contributed by atoms with van der Waals surface area (Å²) in [5, 5.41) is 4.88. The number of thiophene rings is 1. The van der Waals surface area contributed by atoms with E-state index in [4.69, 9.17) is 0 Å². The first-order chi connectivity index (χ1) is 9.51. The van der Waals surface area contributed by atoms with Crippen LogP contribution in [-0.2, 0) is 16.6 Å². The van der Waals surface area contributed by atoms with Crippen LogP contribution in [0.2, 0.25) is 0 Å². The topological polar surface area (TPSA) is 49.4 Å².